The Morgan fingerprint density at radius 1 is 1.16 bits per heavy atom. The first kappa shape index (κ1) is 22.7. The average Bonchev–Trinajstić information content (AvgIpc) is 2.62. The van der Waals surface area contributed by atoms with Gasteiger partial charge in [-0.2, -0.15) is 0 Å². The first-order valence-electron chi connectivity index (χ1n) is 10.0. The molecule has 2 aromatic rings. The van der Waals surface area contributed by atoms with E-state index in [-0.39, 0.29) is 46.5 Å². The van der Waals surface area contributed by atoms with Crippen LogP contribution >= 0.6 is 10.2 Å². The summed E-state index contributed by atoms with van der Waals surface area (Å²) >= 11 is 0. The molecule has 0 bridgehead atoms. The number of hydrogen-bond donors (Lipinski definition) is 1. The molecule has 176 valence electrons. The van der Waals surface area contributed by atoms with Gasteiger partial charge in [-0.15, -0.1) is 0 Å². The minimum Gasteiger partial charge on any atom is -0.376 e. The van der Waals surface area contributed by atoms with Gasteiger partial charge in [0.05, 0.1) is 24.3 Å². The predicted octanol–water partition coefficient (Wildman–Crippen LogP) is 5.48. The topological polar surface area (TPSA) is 67.4 Å². The molecule has 2 fully saturated rings. The fourth-order valence-corrected chi connectivity index (χ4v) is 4.44. The largest absolute Gasteiger partial charge is 0.376 e. The molecular formula is C20H23F5N4O2S. The van der Waals surface area contributed by atoms with Crippen molar-refractivity contribution in [2.45, 2.75) is 43.2 Å². The van der Waals surface area contributed by atoms with E-state index >= 15 is 0 Å². The van der Waals surface area contributed by atoms with E-state index in [2.05, 4.69) is 15.3 Å². The standard InChI is InChI=1S/C20H23F5N4O2S/c1-13(2)15-5-14(6-17(7-15)32(21,22,23,24)25)8-26-19-27-9-16(10-28-19)18(30)29-4-3-20(29)11-31-12-20/h5-7,9-10,13H,3-4,8,11-12H2,1-2H3,(H,26,27,28). The minimum absolute atomic E-state index is 0.0238. The fourth-order valence-electron chi connectivity index (χ4n) is 3.71. The van der Waals surface area contributed by atoms with Gasteiger partial charge < -0.3 is 15.0 Å². The summed E-state index contributed by atoms with van der Waals surface area (Å²) in [5.41, 5.74) is 0.232. The molecule has 2 aliphatic rings. The van der Waals surface area contributed by atoms with Gasteiger partial charge in [-0.05, 0) is 35.6 Å². The molecule has 0 saturated carbocycles. The molecule has 0 unspecified atom stereocenters. The van der Waals surface area contributed by atoms with Crippen LogP contribution in [-0.2, 0) is 11.3 Å². The summed E-state index contributed by atoms with van der Waals surface area (Å²) in [7, 11) is -9.82. The van der Waals surface area contributed by atoms with Crippen molar-refractivity contribution in [3.05, 3.63) is 47.3 Å². The number of amides is 1. The Kier molecular flexibility index (Phi) is 4.80. The van der Waals surface area contributed by atoms with Gasteiger partial charge >= 0.3 is 10.2 Å². The number of rotatable bonds is 6. The van der Waals surface area contributed by atoms with Crippen molar-refractivity contribution in [3.8, 4) is 0 Å². The summed E-state index contributed by atoms with van der Waals surface area (Å²) < 4.78 is 71.9. The molecule has 1 amide bonds. The number of likely N-dealkylation sites (tertiary alicyclic amines) is 1. The van der Waals surface area contributed by atoms with Crippen LogP contribution in [0.5, 0.6) is 0 Å². The van der Waals surface area contributed by atoms with Gasteiger partial charge in [0.25, 0.3) is 5.91 Å². The lowest BCUT2D eigenvalue weighted by Crippen LogP contribution is -2.72. The highest BCUT2D eigenvalue weighted by Gasteiger charge is 2.65. The van der Waals surface area contributed by atoms with E-state index in [0.29, 0.717) is 31.9 Å². The van der Waals surface area contributed by atoms with Crippen LogP contribution in [-0.4, -0.2) is 46.1 Å². The Morgan fingerprint density at radius 3 is 2.28 bits per heavy atom. The van der Waals surface area contributed by atoms with Crippen molar-refractivity contribution in [3.63, 3.8) is 0 Å². The summed E-state index contributed by atoms with van der Waals surface area (Å²) in [5, 5.41) is 2.73. The van der Waals surface area contributed by atoms with Crippen LogP contribution in [0.3, 0.4) is 0 Å². The van der Waals surface area contributed by atoms with Gasteiger partial charge in [-0.25, -0.2) is 9.97 Å². The van der Waals surface area contributed by atoms with Crippen LogP contribution in [0.1, 0.15) is 47.7 Å². The highest BCUT2D eigenvalue weighted by atomic mass is 32.5. The highest BCUT2D eigenvalue weighted by Crippen LogP contribution is 3.02. The number of nitrogens with one attached hydrogen (secondary N) is 1. The fraction of sp³-hybridized carbons (Fsp3) is 0.450. The first-order valence-corrected chi connectivity index (χ1v) is 12.0. The molecule has 12 heteroatoms. The van der Waals surface area contributed by atoms with E-state index in [0.717, 1.165) is 6.42 Å². The highest BCUT2D eigenvalue weighted by molar-refractivity contribution is 8.45. The number of carbonyl (C=O) groups excluding carboxylic acids is 1. The van der Waals surface area contributed by atoms with Crippen LogP contribution in [0.2, 0.25) is 0 Å². The minimum atomic E-state index is -9.82. The third-order valence-corrected chi connectivity index (χ3v) is 6.94. The third-order valence-electron chi connectivity index (χ3n) is 5.81. The average molecular weight is 478 g/mol. The molecule has 2 saturated heterocycles. The van der Waals surface area contributed by atoms with Crippen molar-refractivity contribution in [1.29, 1.82) is 0 Å². The number of aromatic nitrogens is 2. The van der Waals surface area contributed by atoms with E-state index < -0.39 is 15.1 Å². The lowest BCUT2D eigenvalue weighted by Gasteiger charge is -2.57. The Labute approximate surface area is 181 Å². The Hall–Kier alpha value is -2.47. The van der Waals surface area contributed by atoms with Crippen molar-refractivity contribution in [2.75, 3.05) is 25.1 Å². The molecule has 4 rings (SSSR count). The smallest absolute Gasteiger partial charge is 0.310 e. The second-order valence-electron chi connectivity index (χ2n) is 8.61. The zero-order valence-corrected chi connectivity index (χ0v) is 18.3. The van der Waals surface area contributed by atoms with Gasteiger partial charge in [-0.1, -0.05) is 39.3 Å². The molecule has 6 nitrogen and oxygen atoms in total. The summed E-state index contributed by atoms with van der Waals surface area (Å²) in [6.07, 6.45) is 3.54. The van der Waals surface area contributed by atoms with Crippen LogP contribution in [0.25, 0.3) is 0 Å². The van der Waals surface area contributed by atoms with Gasteiger partial charge in [0, 0.05) is 25.5 Å². The van der Waals surface area contributed by atoms with E-state index in [4.69, 9.17) is 4.74 Å². The maximum Gasteiger partial charge on any atom is 0.310 e. The lowest BCUT2D eigenvalue weighted by atomic mass is 9.82. The molecular weight excluding hydrogens is 455 g/mol. The number of halogens is 5. The molecule has 0 radical (unpaired) electrons. The number of anilines is 1. The molecule has 0 aliphatic carbocycles. The maximum absolute atomic E-state index is 13.3. The molecule has 32 heavy (non-hydrogen) atoms. The SMILES string of the molecule is CC(C)c1cc(CNc2ncc(C(=O)N3CCC34COC4)cn2)cc(S(F)(F)(F)(F)F)c1. The van der Waals surface area contributed by atoms with Crippen molar-refractivity contribution < 1.29 is 29.0 Å². The third kappa shape index (κ3) is 4.38. The number of hydrogen-bond acceptors (Lipinski definition) is 5. The van der Waals surface area contributed by atoms with Gasteiger partial charge in [0.2, 0.25) is 5.95 Å². The number of ether oxygens (including phenoxy) is 1. The van der Waals surface area contributed by atoms with Crippen molar-refractivity contribution >= 4 is 22.1 Å². The summed E-state index contributed by atoms with van der Waals surface area (Å²) in [6, 6.07) is 2.39. The number of benzene rings is 1. The van der Waals surface area contributed by atoms with Crippen molar-refractivity contribution in [1.82, 2.24) is 14.9 Å². The molecule has 2 aliphatic heterocycles. The van der Waals surface area contributed by atoms with Gasteiger partial charge in [-0.3, -0.25) is 4.79 Å². The maximum atomic E-state index is 13.3. The molecule has 1 aromatic heterocycles. The Balaban J connectivity index is 1.48. The monoisotopic (exact) mass is 478 g/mol. The number of nitrogens with zero attached hydrogens (tertiary/aromatic N) is 3. The van der Waals surface area contributed by atoms with Gasteiger partial charge in [0.1, 0.15) is 4.90 Å². The van der Waals surface area contributed by atoms with E-state index in [9.17, 15) is 24.2 Å². The van der Waals surface area contributed by atoms with Crippen molar-refractivity contribution in [2.24, 2.45) is 0 Å². The lowest BCUT2D eigenvalue weighted by molar-refractivity contribution is -0.172. The van der Waals surface area contributed by atoms with Crippen LogP contribution < -0.4 is 5.32 Å². The summed E-state index contributed by atoms with van der Waals surface area (Å²) in [4.78, 5) is 20.5. The second kappa shape index (κ2) is 6.77. The Bertz CT molecular complexity index is 1050. The van der Waals surface area contributed by atoms with E-state index in [1.165, 1.54) is 18.5 Å². The van der Waals surface area contributed by atoms with Crippen LogP contribution in [0.15, 0.2) is 35.5 Å². The number of carbonyl (C=O) groups is 1. The first-order chi connectivity index (χ1) is 14.7. The van der Waals surface area contributed by atoms with E-state index in [1.54, 1.807) is 18.7 Å². The van der Waals surface area contributed by atoms with Crippen LogP contribution in [0.4, 0.5) is 25.4 Å². The normalized spacial score (nSPS) is 19.7. The van der Waals surface area contributed by atoms with E-state index in [1.807, 2.05) is 0 Å². The molecule has 1 N–H and O–H groups in total. The molecule has 0 atom stereocenters. The quantitative estimate of drug-likeness (QED) is 0.557. The van der Waals surface area contributed by atoms with Gasteiger partial charge in [0.15, 0.2) is 0 Å². The summed E-state index contributed by atoms with van der Waals surface area (Å²) in [5.74, 6) is -0.520. The molecule has 1 spiro atoms. The second-order valence-corrected chi connectivity index (χ2v) is 11.0. The predicted molar refractivity (Wildman–Crippen MR) is 110 cm³/mol. The molecule has 1 aromatic carbocycles. The van der Waals surface area contributed by atoms with Crippen LogP contribution in [0, 0.1) is 0 Å². The Morgan fingerprint density at radius 2 is 1.81 bits per heavy atom. The molecule has 3 heterocycles. The zero-order valence-electron chi connectivity index (χ0n) is 17.5. The zero-order chi connectivity index (χ0) is 23.4. The summed E-state index contributed by atoms with van der Waals surface area (Å²) in [6.45, 7) is 4.70.